The van der Waals surface area contributed by atoms with Crippen LogP contribution < -0.4 is 45.9 Å². The number of aromatic nitrogens is 5. The van der Waals surface area contributed by atoms with Gasteiger partial charge in [-0.25, -0.2) is 44.1 Å². The number of hydrogen-bond donors (Lipinski definition) is 5. The Morgan fingerprint density at radius 1 is 0.471 bits per heavy atom. The zero-order valence-electron chi connectivity index (χ0n) is 45.9. The molecule has 0 spiro atoms. The fourth-order valence-electron chi connectivity index (χ4n) is 5.56. The molecule has 0 aliphatic rings. The fourth-order valence-corrected chi connectivity index (χ4v) is 9.24. The van der Waals surface area contributed by atoms with Crippen LogP contribution in [0.2, 0.25) is 8.93 Å². The summed E-state index contributed by atoms with van der Waals surface area (Å²) in [5.74, 6) is -1.23. The molecule has 10 aromatic rings. The van der Waals surface area contributed by atoms with E-state index in [-0.39, 0.29) is 42.2 Å². The van der Waals surface area contributed by atoms with Gasteiger partial charge in [-0.15, -0.1) is 11.3 Å². The van der Waals surface area contributed by atoms with E-state index < -0.39 is 11.4 Å². The summed E-state index contributed by atoms with van der Waals surface area (Å²) in [5, 5.41) is 16.2. The molecule has 5 aromatic carbocycles. The van der Waals surface area contributed by atoms with Gasteiger partial charge >= 0.3 is 42.2 Å². The second-order valence-corrected chi connectivity index (χ2v) is 21.6. The van der Waals surface area contributed by atoms with Gasteiger partial charge in [0.2, 0.25) is 0 Å². The number of esters is 3. The van der Waals surface area contributed by atoms with Crippen LogP contribution in [-0.2, 0) is 32.0 Å². The molecule has 0 saturated heterocycles. The number of anilines is 6. The second kappa shape index (κ2) is 43.1. The molecule has 0 bridgehead atoms. The van der Waals surface area contributed by atoms with Gasteiger partial charge in [0.25, 0.3) is 5.91 Å². The molecule has 0 unspecified atom stereocenters. The Hall–Kier alpha value is -7.61. The van der Waals surface area contributed by atoms with Gasteiger partial charge in [0, 0.05) is 53.3 Å². The van der Waals surface area contributed by atoms with Crippen LogP contribution in [-0.4, -0.2) is 88.1 Å². The van der Waals surface area contributed by atoms with Crippen LogP contribution in [0.25, 0.3) is 0 Å². The van der Waals surface area contributed by atoms with Crippen LogP contribution in [0.4, 0.5) is 37.3 Å². The molecular formula is C56H54Cl3LiN10O10S5. The van der Waals surface area contributed by atoms with E-state index in [1.807, 2.05) is 157 Å². The first kappa shape index (κ1) is 73.5. The van der Waals surface area contributed by atoms with E-state index in [1.54, 1.807) is 12.4 Å². The van der Waals surface area contributed by atoms with E-state index >= 15 is 0 Å². The molecule has 0 fully saturated rings. The molecule has 0 aliphatic carbocycles. The maximum absolute atomic E-state index is 12.1. The maximum atomic E-state index is 12.1. The number of rotatable bonds is 13. The zero-order chi connectivity index (χ0) is 60.0. The number of benzene rings is 5. The van der Waals surface area contributed by atoms with Crippen LogP contribution >= 0.6 is 91.5 Å². The predicted molar refractivity (Wildman–Crippen MR) is 336 cm³/mol. The Labute approximate surface area is 537 Å². The number of ether oxygens (including phenoxy) is 4. The number of nitrogens with one attached hydrogen (secondary N) is 4. The molecule has 1 amide bonds. The number of halogens is 3. The van der Waals surface area contributed by atoms with Gasteiger partial charge in [-0.1, -0.05) is 184 Å². The third-order valence-corrected chi connectivity index (χ3v) is 14.3. The van der Waals surface area contributed by atoms with Gasteiger partial charge in [0.05, 0.1) is 53.2 Å². The Morgan fingerprint density at radius 2 is 0.812 bits per heavy atom. The summed E-state index contributed by atoms with van der Waals surface area (Å²) in [6.45, 7) is 1.15. The Balaban J connectivity index is 0.000000355. The normalized spacial score (nSPS) is 9.32. The van der Waals surface area contributed by atoms with Crippen molar-refractivity contribution < 1.29 is 67.3 Å². The number of para-hydroxylation sites is 3. The number of methoxy groups -OCH3 is 4. The number of amides is 1. The summed E-state index contributed by atoms with van der Waals surface area (Å²) in [5.41, 5.74) is 9.66. The minimum Gasteiger partial charge on any atom is -0.870 e. The van der Waals surface area contributed by atoms with Crippen LogP contribution in [0.1, 0.15) is 49.8 Å². The number of thiazole rings is 5. The molecule has 0 saturated carbocycles. The van der Waals surface area contributed by atoms with Crippen molar-refractivity contribution in [2.75, 3.05) is 44.4 Å². The molecule has 440 valence electrons. The van der Waals surface area contributed by atoms with Crippen molar-refractivity contribution in [3.8, 4) is 0 Å². The standard InChI is InChI=1S/C17H15N3OS.2C11H10N2O2S.C7H9N.C5H4ClNO2S.C3H2ClNS.C2H3ClO2.Li.H2O/c21-16(18-11-13-7-3-1-4-8-13)15-12-19-17(22-15)20-14-9-5-2-6-10-14;2*1-15-10(14)9-7-12-11(16-9)13-8-5-3-2-4-6-8;8-6-7-4-2-1-3-5-7;1-9-4(8)3-2-7-5(6)10-3;4-3-5-1-2-6-3;1-5-2(3)4;;/h1-10,12H,11H2,(H,18,21)(H,19,20);2*2-7H,1H3,(H,12,13);1-5H,6,8H2;2H,1H3;1-2H;1H3;;1H2/q;;;;;;;+1;/p-1. The quantitative estimate of drug-likeness (QED) is 0.0310. The molecule has 0 atom stereocenters. The number of nitrogens with two attached hydrogens (primary N) is 1. The molecule has 29 heteroatoms. The number of carbonyl (C=O) groups is 5. The fraction of sp³-hybridized carbons (Fsp3) is 0.107. The second-order valence-electron chi connectivity index (χ2n) is 15.1. The average molecular weight is 1300 g/mol. The van der Waals surface area contributed by atoms with Gasteiger partial charge < -0.3 is 51.4 Å². The van der Waals surface area contributed by atoms with Gasteiger partial charge in [-0.2, -0.15) is 0 Å². The summed E-state index contributed by atoms with van der Waals surface area (Å²) in [7, 11) is 5.24. The average Bonchev–Trinajstić information content (AvgIpc) is 4.55. The van der Waals surface area contributed by atoms with Gasteiger partial charge in [-0.05, 0) is 47.5 Å². The van der Waals surface area contributed by atoms with Gasteiger partial charge in [0.1, 0.15) is 19.5 Å². The van der Waals surface area contributed by atoms with E-state index in [4.69, 9.17) is 28.9 Å². The van der Waals surface area contributed by atoms with E-state index in [0.717, 1.165) is 34.0 Å². The monoisotopic (exact) mass is 1300 g/mol. The minimum atomic E-state index is -0.773. The molecule has 10 rings (SSSR count). The van der Waals surface area contributed by atoms with Crippen molar-refractivity contribution in [3.63, 3.8) is 0 Å². The van der Waals surface area contributed by atoms with Crippen LogP contribution in [0.3, 0.4) is 0 Å². The third kappa shape index (κ3) is 30.2. The number of nitrogens with zero attached hydrogens (tertiary/aromatic N) is 5. The van der Waals surface area contributed by atoms with Gasteiger partial charge in [0.15, 0.2) is 24.3 Å². The maximum Gasteiger partial charge on any atom is 1.00 e. The number of carbonyl (C=O) groups excluding carboxylic acids is 5. The zero-order valence-corrected chi connectivity index (χ0v) is 52.3. The predicted octanol–water partition coefficient (Wildman–Crippen LogP) is 11.5. The third-order valence-electron chi connectivity index (χ3n) is 9.39. The summed E-state index contributed by atoms with van der Waals surface area (Å²) in [6.07, 6.45) is 7.66. The van der Waals surface area contributed by atoms with E-state index in [2.05, 4.69) is 76.7 Å². The molecule has 5 heterocycles. The largest absolute Gasteiger partial charge is 1.00 e. The van der Waals surface area contributed by atoms with Crippen molar-refractivity contribution in [3.05, 3.63) is 228 Å². The van der Waals surface area contributed by atoms with E-state index in [1.165, 1.54) is 97.9 Å². The summed E-state index contributed by atoms with van der Waals surface area (Å²) in [4.78, 5) is 76.4. The molecule has 7 N–H and O–H groups in total. The van der Waals surface area contributed by atoms with Crippen LogP contribution in [0.5, 0.6) is 0 Å². The minimum absolute atomic E-state index is 0. The van der Waals surface area contributed by atoms with Crippen molar-refractivity contribution in [1.82, 2.24) is 30.2 Å². The van der Waals surface area contributed by atoms with Crippen LogP contribution in [0, 0.1) is 0 Å². The molecule has 0 aliphatic heterocycles. The summed E-state index contributed by atoms with van der Waals surface area (Å²) >= 11 is 21.8. The van der Waals surface area contributed by atoms with Crippen molar-refractivity contribution >= 4 is 153 Å². The van der Waals surface area contributed by atoms with E-state index in [9.17, 15) is 24.0 Å². The van der Waals surface area contributed by atoms with Crippen molar-refractivity contribution in [2.45, 2.75) is 13.1 Å². The summed E-state index contributed by atoms with van der Waals surface area (Å²) in [6, 6.07) is 48.9. The Morgan fingerprint density at radius 3 is 1.11 bits per heavy atom. The van der Waals surface area contributed by atoms with Crippen LogP contribution in [0.15, 0.2) is 188 Å². The number of hydrogen-bond acceptors (Lipinski definition) is 24. The Kier molecular flexibility index (Phi) is 37.2. The van der Waals surface area contributed by atoms with E-state index in [0.29, 0.717) is 56.9 Å². The van der Waals surface area contributed by atoms with Crippen molar-refractivity contribution in [1.29, 1.82) is 0 Å². The molecular weight excluding hydrogens is 1250 g/mol. The molecule has 85 heavy (non-hydrogen) atoms. The smallest absolute Gasteiger partial charge is 0.870 e. The Bertz CT molecular complexity index is 3340. The summed E-state index contributed by atoms with van der Waals surface area (Å²) < 4.78 is 18.5. The first-order valence-electron chi connectivity index (χ1n) is 23.8. The molecule has 0 radical (unpaired) electrons. The first-order valence-corrected chi connectivity index (χ1v) is 29.1. The van der Waals surface area contributed by atoms with Gasteiger partial charge in [-0.3, -0.25) is 4.79 Å². The topological polar surface area (TPSA) is 291 Å². The van der Waals surface area contributed by atoms with Crippen molar-refractivity contribution in [2.24, 2.45) is 5.73 Å². The molecule has 5 aromatic heterocycles. The molecule has 20 nitrogen and oxygen atoms in total. The first-order chi connectivity index (χ1) is 40.2. The SMILES string of the molecule is COC(=O)Cl.COC(=O)c1cnc(Cl)s1.COC(=O)c1cnc(Nc2ccccc2)s1.COC(=O)c1cnc(Nc2ccccc2)s1.Clc1nccs1.NCc1ccccc1.O=C(NCc1ccccc1)c1cnc(Nc2ccccc2)s1.[Li+].[OH-].